The fourth-order valence-corrected chi connectivity index (χ4v) is 1.45. The molecule has 0 aliphatic rings. The van der Waals surface area contributed by atoms with Gasteiger partial charge in [-0.3, -0.25) is 4.79 Å². The van der Waals surface area contributed by atoms with Crippen LogP contribution in [0.25, 0.3) is 0 Å². The molecule has 94 valence electrons. The third kappa shape index (κ3) is 2.67. The topological polar surface area (TPSA) is 90.2 Å². The number of hydrogen-bond donors (Lipinski definition) is 2. The van der Waals surface area contributed by atoms with E-state index in [9.17, 15) is 4.79 Å². The van der Waals surface area contributed by atoms with E-state index in [4.69, 9.17) is 15.2 Å². The second kappa shape index (κ2) is 5.33. The molecule has 0 saturated heterocycles. The van der Waals surface area contributed by atoms with E-state index in [1.807, 2.05) is 0 Å². The molecule has 0 aliphatic heterocycles. The minimum Gasteiger partial charge on any atom is -0.497 e. The molecule has 1 aromatic heterocycles. The number of benzene rings is 1. The Hall–Kier alpha value is -2.34. The summed E-state index contributed by atoms with van der Waals surface area (Å²) in [7, 11) is 1.55. The van der Waals surface area contributed by atoms with Crippen molar-refractivity contribution in [2.24, 2.45) is 5.73 Å². The summed E-state index contributed by atoms with van der Waals surface area (Å²) in [5.74, 6) is 1.05. The van der Waals surface area contributed by atoms with Gasteiger partial charge in [-0.2, -0.15) is 0 Å². The van der Waals surface area contributed by atoms with Crippen molar-refractivity contribution in [1.82, 2.24) is 9.97 Å². The molecule has 1 aromatic carbocycles. The number of nitrogens with one attached hydrogen (secondary N) is 1. The Kier molecular flexibility index (Phi) is 3.59. The van der Waals surface area contributed by atoms with Gasteiger partial charge in [0.05, 0.1) is 7.11 Å². The highest BCUT2D eigenvalue weighted by molar-refractivity contribution is 5.39. The standard InChI is InChI=1S/C12H13N3O3/c1-17-9-4-8(7-13)5-10(6-9)18-12-11(16)14-2-3-15-12/h2-6H,7,13H2,1H3,(H,14,16). The molecule has 2 rings (SSSR count). The maximum atomic E-state index is 11.4. The second-order valence-electron chi connectivity index (χ2n) is 3.55. The molecule has 18 heavy (non-hydrogen) atoms. The first-order chi connectivity index (χ1) is 8.72. The lowest BCUT2D eigenvalue weighted by atomic mass is 10.2. The summed E-state index contributed by atoms with van der Waals surface area (Å²) >= 11 is 0. The van der Waals surface area contributed by atoms with Gasteiger partial charge in [-0.15, -0.1) is 0 Å². The number of aromatic nitrogens is 2. The lowest BCUT2D eigenvalue weighted by molar-refractivity contribution is 0.405. The van der Waals surface area contributed by atoms with Crippen LogP contribution in [0.3, 0.4) is 0 Å². The molecular weight excluding hydrogens is 234 g/mol. The first-order valence-electron chi connectivity index (χ1n) is 5.32. The third-order valence-electron chi connectivity index (χ3n) is 2.30. The first kappa shape index (κ1) is 12.1. The van der Waals surface area contributed by atoms with Crippen LogP contribution in [0.2, 0.25) is 0 Å². The summed E-state index contributed by atoms with van der Waals surface area (Å²) in [4.78, 5) is 17.8. The first-order valence-corrected chi connectivity index (χ1v) is 5.32. The van der Waals surface area contributed by atoms with Crippen LogP contribution < -0.4 is 20.8 Å². The number of nitrogens with zero attached hydrogens (tertiary/aromatic N) is 1. The third-order valence-corrected chi connectivity index (χ3v) is 2.30. The predicted molar refractivity (Wildman–Crippen MR) is 65.8 cm³/mol. The fourth-order valence-electron chi connectivity index (χ4n) is 1.45. The van der Waals surface area contributed by atoms with Crippen LogP contribution in [0, 0.1) is 0 Å². The van der Waals surface area contributed by atoms with Crippen molar-refractivity contribution in [2.75, 3.05) is 7.11 Å². The van der Waals surface area contributed by atoms with Crippen LogP contribution in [0.5, 0.6) is 17.4 Å². The van der Waals surface area contributed by atoms with Crippen LogP contribution >= 0.6 is 0 Å². The molecule has 0 bridgehead atoms. The van der Waals surface area contributed by atoms with Gasteiger partial charge in [0, 0.05) is 25.0 Å². The molecule has 0 fully saturated rings. The molecule has 2 aromatic rings. The average Bonchev–Trinajstić information content (AvgIpc) is 2.41. The number of aromatic amines is 1. The van der Waals surface area contributed by atoms with Gasteiger partial charge in [-0.25, -0.2) is 4.98 Å². The summed E-state index contributed by atoms with van der Waals surface area (Å²) in [6, 6.07) is 5.19. The number of methoxy groups -OCH3 is 1. The molecule has 6 heteroatoms. The Bertz CT molecular complexity index is 573. The Morgan fingerprint density at radius 1 is 1.33 bits per heavy atom. The van der Waals surface area contributed by atoms with Gasteiger partial charge in [0.25, 0.3) is 5.88 Å². The number of nitrogens with two attached hydrogens (primary N) is 1. The predicted octanol–water partition coefficient (Wildman–Crippen LogP) is 1.03. The van der Waals surface area contributed by atoms with E-state index in [1.54, 1.807) is 25.3 Å². The Labute approximate surface area is 103 Å². The summed E-state index contributed by atoms with van der Waals surface area (Å²) in [5.41, 5.74) is 6.02. The van der Waals surface area contributed by atoms with E-state index >= 15 is 0 Å². The zero-order chi connectivity index (χ0) is 13.0. The zero-order valence-corrected chi connectivity index (χ0v) is 9.84. The second-order valence-corrected chi connectivity index (χ2v) is 3.55. The summed E-state index contributed by atoms with van der Waals surface area (Å²) in [6.07, 6.45) is 2.88. The Morgan fingerprint density at radius 2 is 2.11 bits per heavy atom. The van der Waals surface area contributed by atoms with Gasteiger partial charge in [0.15, 0.2) is 0 Å². The van der Waals surface area contributed by atoms with Gasteiger partial charge in [-0.05, 0) is 17.7 Å². The monoisotopic (exact) mass is 247 g/mol. The van der Waals surface area contributed by atoms with E-state index in [2.05, 4.69) is 9.97 Å². The van der Waals surface area contributed by atoms with E-state index in [0.717, 1.165) is 5.56 Å². The van der Waals surface area contributed by atoms with Crippen LogP contribution in [-0.2, 0) is 6.54 Å². The molecule has 0 saturated carbocycles. The average molecular weight is 247 g/mol. The normalized spacial score (nSPS) is 10.1. The maximum Gasteiger partial charge on any atom is 0.311 e. The number of H-pyrrole nitrogens is 1. The van der Waals surface area contributed by atoms with Gasteiger partial charge in [0.1, 0.15) is 11.5 Å². The van der Waals surface area contributed by atoms with Crippen LogP contribution in [0.1, 0.15) is 5.56 Å². The minimum atomic E-state index is -0.394. The summed E-state index contributed by atoms with van der Waals surface area (Å²) in [6.45, 7) is 0.353. The molecule has 0 aliphatic carbocycles. The lowest BCUT2D eigenvalue weighted by Crippen LogP contribution is -2.09. The Morgan fingerprint density at radius 3 is 2.78 bits per heavy atom. The molecule has 3 N–H and O–H groups in total. The van der Waals surface area contributed by atoms with Gasteiger partial charge < -0.3 is 20.2 Å². The largest absolute Gasteiger partial charge is 0.497 e. The highest BCUT2D eigenvalue weighted by Gasteiger charge is 2.06. The van der Waals surface area contributed by atoms with Crippen molar-refractivity contribution < 1.29 is 9.47 Å². The van der Waals surface area contributed by atoms with Crippen LogP contribution in [0.4, 0.5) is 0 Å². The molecule has 0 spiro atoms. The quantitative estimate of drug-likeness (QED) is 0.842. The van der Waals surface area contributed by atoms with Crippen molar-refractivity contribution in [3.63, 3.8) is 0 Å². The smallest absolute Gasteiger partial charge is 0.311 e. The lowest BCUT2D eigenvalue weighted by Gasteiger charge is -2.08. The summed E-state index contributed by atoms with van der Waals surface area (Å²) in [5, 5.41) is 0. The van der Waals surface area contributed by atoms with Crippen LogP contribution in [0.15, 0.2) is 35.4 Å². The summed E-state index contributed by atoms with van der Waals surface area (Å²) < 4.78 is 10.5. The molecule has 0 amide bonds. The van der Waals surface area contributed by atoms with Crippen molar-refractivity contribution >= 4 is 0 Å². The van der Waals surface area contributed by atoms with Crippen molar-refractivity contribution in [3.8, 4) is 17.4 Å². The molecular formula is C12H13N3O3. The highest BCUT2D eigenvalue weighted by Crippen LogP contribution is 2.24. The van der Waals surface area contributed by atoms with E-state index in [0.29, 0.717) is 18.0 Å². The zero-order valence-electron chi connectivity index (χ0n) is 9.84. The van der Waals surface area contributed by atoms with Crippen molar-refractivity contribution in [1.29, 1.82) is 0 Å². The van der Waals surface area contributed by atoms with Gasteiger partial charge in [-0.1, -0.05) is 0 Å². The number of hydrogen-bond acceptors (Lipinski definition) is 5. The van der Waals surface area contributed by atoms with E-state index in [1.165, 1.54) is 12.4 Å². The molecule has 0 radical (unpaired) electrons. The maximum absolute atomic E-state index is 11.4. The van der Waals surface area contributed by atoms with Crippen LogP contribution in [-0.4, -0.2) is 17.1 Å². The molecule has 1 heterocycles. The minimum absolute atomic E-state index is 0.0197. The number of ether oxygens (including phenoxy) is 2. The van der Waals surface area contributed by atoms with E-state index < -0.39 is 5.56 Å². The number of rotatable bonds is 4. The Balaban J connectivity index is 2.34. The van der Waals surface area contributed by atoms with E-state index in [-0.39, 0.29) is 5.88 Å². The fraction of sp³-hybridized carbons (Fsp3) is 0.167. The van der Waals surface area contributed by atoms with Crippen molar-refractivity contribution in [3.05, 3.63) is 46.5 Å². The molecule has 0 unspecified atom stereocenters. The van der Waals surface area contributed by atoms with Gasteiger partial charge in [0.2, 0.25) is 0 Å². The van der Waals surface area contributed by atoms with Gasteiger partial charge >= 0.3 is 5.56 Å². The molecule has 0 atom stereocenters. The van der Waals surface area contributed by atoms with Crippen molar-refractivity contribution in [2.45, 2.75) is 6.54 Å². The molecule has 6 nitrogen and oxygen atoms in total. The SMILES string of the molecule is COc1cc(CN)cc(Oc2ncc[nH]c2=O)c1. The highest BCUT2D eigenvalue weighted by atomic mass is 16.5.